The molecule has 2 nitrogen and oxygen atoms in total. The van der Waals surface area contributed by atoms with Gasteiger partial charge in [-0.1, -0.05) is 184 Å². The van der Waals surface area contributed by atoms with Gasteiger partial charge in [0.25, 0.3) is 0 Å². The highest BCUT2D eigenvalue weighted by Gasteiger charge is 2.49. The Bertz CT molecular complexity index is 3680. The fraction of sp³-hybridized carbons (Fsp3) is 0.0690. The molecule has 2 aliphatic rings. The van der Waals surface area contributed by atoms with Gasteiger partial charge in [0, 0.05) is 32.7 Å². The van der Waals surface area contributed by atoms with Crippen LogP contribution >= 0.6 is 0 Å². The summed E-state index contributed by atoms with van der Waals surface area (Å²) in [5.74, 6) is 0. The first-order valence-electron chi connectivity index (χ1n) is 21.8. The van der Waals surface area contributed by atoms with Crippen molar-refractivity contribution in [3.05, 3.63) is 182 Å². The van der Waals surface area contributed by atoms with Gasteiger partial charge in [-0.05, 0) is 101 Å². The number of benzene rings is 9. The molecule has 11 aromatic rings. The lowest BCUT2D eigenvalue weighted by Gasteiger charge is -2.28. The molecule has 0 saturated heterocycles. The zero-order valence-electron chi connectivity index (χ0n) is 35.1. The maximum Gasteiger partial charge on any atom is 0.143 e. The highest BCUT2D eigenvalue weighted by atomic mass is 28.3. The number of fused-ring (bicyclic) bond motifs is 15. The molecule has 0 N–H and O–H groups in total. The van der Waals surface area contributed by atoms with Gasteiger partial charge in [-0.2, -0.15) is 0 Å². The largest absolute Gasteiger partial charge is 0.455 e. The first-order valence-corrected chi connectivity index (χ1v) is 27.8. The molecular formula is C58H42O2Si2. The Morgan fingerprint density at radius 3 is 1.35 bits per heavy atom. The third-order valence-corrected chi connectivity index (χ3v) is 21.5. The number of furan rings is 2. The van der Waals surface area contributed by atoms with E-state index in [1.54, 1.807) is 10.4 Å². The van der Waals surface area contributed by atoms with E-state index < -0.39 is 16.1 Å². The smallest absolute Gasteiger partial charge is 0.143 e. The molecule has 0 atom stereocenters. The molecule has 2 aliphatic heterocycles. The van der Waals surface area contributed by atoms with Crippen molar-refractivity contribution in [1.29, 1.82) is 0 Å². The Morgan fingerprint density at radius 1 is 0.323 bits per heavy atom. The van der Waals surface area contributed by atoms with Gasteiger partial charge in [-0.25, -0.2) is 0 Å². The van der Waals surface area contributed by atoms with Gasteiger partial charge in [0.1, 0.15) is 38.5 Å². The molecule has 4 heterocycles. The summed E-state index contributed by atoms with van der Waals surface area (Å²) in [4.78, 5) is 0. The molecule has 0 unspecified atom stereocenters. The second-order valence-corrected chi connectivity index (χ2v) is 26.9. The average Bonchev–Trinajstić information content (AvgIpc) is 4.02. The van der Waals surface area contributed by atoms with E-state index in [9.17, 15) is 0 Å². The first-order chi connectivity index (χ1) is 30.3. The van der Waals surface area contributed by atoms with Crippen LogP contribution in [0.25, 0.3) is 111 Å². The average molecular weight is 827 g/mol. The number of hydrogen-bond donors (Lipinski definition) is 0. The summed E-state index contributed by atoms with van der Waals surface area (Å²) in [6.45, 7) is 10.4. The Hall–Kier alpha value is -6.99. The van der Waals surface area contributed by atoms with E-state index in [1.165, 1.54) is 98.7 Å². The van der Waals surface area contributed by atoms with Crippen LogP contribution in [0.2, 0.25) is 26.2 Å². The number of hydrogen-bond acceptors (Lipinski definition) is 2. The zero-order valence-corrected chi connectivity index (χ0v) is 37.1. The topological polar surface area (TPSA) is 26.3 Å². The van der Waals surface area contributed by atoms with Crippen molar-refractivity contribution >= 4 is 80.8 Å². The minimum absolute atomic E-state index is 0.934. The van der Waals surface area contributed by atoms with Crippen LogP contribution in [0.3, 0.4) is 0 Å². The number of rotatable bonds is 4. The maximum atomic E-state index is 7.08. The van der Waals surface area contributed by atoms with E-state index in [0.717, 1.165) is 22.3 Å². The van der Waals surface area contributed by atoms with Crippen molar-refractivity contribution in [2.75, 3.05) is 0 Å². The summed E-state index contributed by atoms with van der Waals surface area (Å²) in [6, 6.07) is 66.8. The third kappa shape index (κ3) is 4.85. The highest BCUT2D eigenvalue weighted by molar-refractivity contribution is 7.13. The van der Waals surface area contributed by atoms with Crippen molar-refractivity contribution in [2.45, 2.75) is 26.2 Å². The normalized spacial score (nSPS) is 14.4. The van der Waals surface area contributed by atoms with Crippen LogP contribution in [-0.4, -0.2) is 16.1 Å². The van der Waals surface area contributed by atoms with Gasteiger partial charge < -0.3 is 8.83 Å². The van der Waals surface area contributed by atoms with E-state index in [-0.39, 0.29) is 0 Å². The Balaban J connectivity index is 1.07. The summed E-state index contributed by atoms with van der Waals surface area (Å²) < 4.78 is 14.0. The number of para-hydroxylation sites is 2. The summed E-state index contributed by atoms with van der Waals surface area (Å²) in [7, 11) is -4.70. The lowest BCUT2D eigenvalue weighted by Crippen LogP contribution is -2.63. The molecule has 0 aliphatic carbocycles. The van der Waals surface area contributed by atoms with Gasteiger partial charge in [0.2, 0.25) is 0 Å². The van der Waals surface area contributed by atoms with E-state index in [1.807, 2.05) is 0 Å². The Labute approximate surface area is 362 Å². The second kappa shape index (κ2) is 12.8. The van der Waals surface area contributed by atoms with Gasteiger partial charge >= 0.3 is 0 Å². The third-order valence-electron chi connectivity index (χ3n) is 14.2. The van der Waals surface area contributed by atoms with Crippen molar-refractivity contribution in [3.8, 4) is 66.8 Å². The molecule has 294 valence electrons. The Morgan fingerprint density at radius 2 is 0.758 bits per heavy atom. The molecular weight excluding hydrogens is 785 g/mol. The van der Waals surface area contributed by atoms with Crippen LogP contribution in [0, 0.1) is 0 Å². The van der Waals surface area contributed by atoms with Gasteiger partial charge in [0.05, 0.1) is 0 Å². The summed E-state index contributed by atoms with van der Waals surface area (Å²) in [5, 5.41) is 10.9. The van der Waals surface area contributed by atoms with Crippen LogP contribution < -0.4 is 20.7 Å². The summed E-state index contributed by atoms with van der Waals surface area (Å²) in [6.07, 6.45) is 0. The van der Waals surface area contributed by atoms with E-state index in [4.69, 9.17) is 8.83 Å². The monoisotopic (exact) mass is 826 g/mol. The lowest BCUT2D eigenvalue weighted by molar-refractivity contribution is 0.670. The van der Waals surface area contributed by atoms with Gasteiger partial charge in [-0.15, -0.1) is 0 Å². The predicted molar refractivity (Wildman–Crippen MR) is 267 cm³/mol. The predicted octanol–water partition coefficient (Wildman–Crippen LogP) is 13.8. The fourth-order valence-corrected chi connectivity index (χ4v) is 19.8. The minimum Gasteiger partial charge on any atom is -0.455 e. The molecule has 0 saturated carbocycles. The van der Waals surface area contributed by atoms with Crippen molar-refractivity contribution < 1.29 is 8.83 Å². The minimum atomic E-state index is -2.35. The van der Waals surface area contributed by atoms with Crippen LogP contribution in [-0.2, 0) is 0 Å². The van der Waals surface area contributed by atoms with Crippen molar-refractivity contribution in [2.24, 2.45) is 0 Å². The summed E-state index contributed by atoms with van der Waals surface area (Å²) >= 11 is 0. The molecule has 0 spiro atoms. The molecule has 2 aromatic heterocycles. The molecule has 4 heteroatoms. The molecule has 13 rings (SSSR count). The molecule has 0 fully saturated rings. The fourth-order valence-electron chi connectivity index (χ4n) is 11.4. The van der Waals surface area contributed by atoms with E-state index in [0.29, 0.717) is 0 Å². The second-order valence-electron chi connectivity index (χ2n) is 18.4. The quantitative estimate of drug-likeness (QED) is 0.165. The molecule has 9 aromatic carbocycles. The molecule has 0 amide bonds. The SMILES string of the molecule is C[Si]1(C)c2cc(-c3cccc(-c4ccccc4)c3)c3c(oc4ccccc43)c2-c2ccc3c(c21)[Si](C)(C)c1cc(-c2cccc(-c4ccccc4)c2)c2oc4ccccc4c2c1-3. The first kappa shape index (κ1) is 35.7. The van der Waals surface area contributed by atoms with Crippen molar-refractivity contribution in [3.63, 3.8) is 0 Å². The maximum absolute atomic E-state index is 7.08. The lowest BCUT2D eigenvalue weighted by atomic mass is 9.91. The van der Waals surface area contributed by atoms with Gasteiger partial charge in [0.15, 0.2) is 0 Å². The Kier molecular flexibility index (Phi) is 7.36. The van der Waals surface area contributed by atoms with Crippen LogP contribution in [0.15, 0.2) is 191 Å². The van der Waals surface area contributed by atoms with E-state index >= 15 is 0 Å². The molecule has 0 radical (unpaired) electrons. The standard InChI is InChI=1S/C58H42O2Si2/c1-61(2)49-34-46(40-24-16-22-38(32-40)36-19-9-6-10-20-36)55-54(42-26-12-14-28-48(42)59-55)52(49)43-29-30-44-53-50(62(3,4)58(44)57(43)61)33-45(51-41-25-11-13-27-47(41)60-56(51)53)39-23-15-21-37(31-39)35-17-7-5-8-18-35/h5-34H,1-4H3. The van der Waals surface area contributed by atoms with Crippen LogP contribution in [0.1, 0.15) is 0 Å². The molecule has 62 heavy (non-hydrogen) atoms. The zero-order chi connectivity index (χ0) is 41.5. The molecule has 0 bridgehead atoms. The van der Waals surface area contributed by atoms with Crippen LogP contribution in [0.5, 0.6) is 0 Å². The summed E-state index contributed by atoms with van der Waals surface area (Å²) in [5.41, 5.74) is 19.0. The van der Waals surface area contributed by atoms with Crippen molar-refractivity contribution in [1.82, 2.24) is 0 Å². The van der Waals surface area contributed by atoms with Crippen LogP contribution in [0.4, 0.5) is 0 Å². The van der Waals surface area contributed by atoms with E-state index in [2.05, 4.69) is 208 Å². The highest BCUT2D eigenvalue weighted by Crippen LogP contribution is 2.48. The van der Waals surface area contributed by atoms with Gasteiger partial charge in [-0.3, -0.25) is 0 Å².